The van der Waals surface area contributed by atoms with Crippen LogP contribution in [0.4, 0.5) is 0 Å². The summed E-state index contributed by atoms with van der Waals surface area (Å²) < 4.78 is 0. The van der Waals surface area contributed by atoms with Gasteiger partial charge in [0.25, 0.3) is 0 Å². The number of hydrogen-bond donors (Lipinski definition) is 3. The van der Waals surface area contributed by atoms with Gasteiger partial charge in [0.1, 0.15) is 0 Å². The van der Waals surface area contributed by atoms with Gasteiger partial charge in [-0.05, 0) is 58.2 Å². The van der Waals surface area contributed by atoms with E-state index in [9.17, 15) is 4.79 Å². The van der Waals surface area contributed by atoms with Gasteiger partial charge in [0, 0.05) is 11.6 Å². The Morgan fingerprint density at radius 3 is 2.65 bits per heavy atom. The highest BCUT2D eigenvalue weighted by Crippen LogP contribution is 2.21. The zero-order valence-electron chi connectivity index (χ0n) is 15.1. The minimum Gasteiger partial charge on any atom is -0.358 e. The van der Waals surface area contributed by atoms with E-state index in [-0.39, 0.29) is 11.4 Å². The van der Waals surface area contributed by atoms with Crippen molar-refractivity contribution in [2.45, 2.75) is 58.5 Å². The highest BCUT2D eigenvalue weighted by molar-refractivity contribution is 7.80. The van der Waals surface area contributed by atoms with E-state index in [1.807, 2.05) is 4.90 Å². The number of nitrogens with one attached hydrogen (secondary N) is 3. The second-order valence-electron chi connectivity index (χ2n) is 8.03. The molecule has 1 atom stereocenters. The summed E-state index contributed by atoms with van der Waals surface area (Å²) in [6, 6.07) is 0.290. The van der Waals surface area contributed by atoms with Gasteiger partial charge in [-0.2, -0.15) is 0 Å². The molecular formula is C17H33N4OS+. The van der Waals surface area contributed by atoms with E-state index < -0.39 is 0 Å². The molecule has 0 radical (unpaired) electrons. The van der Waals surface area contributed by atoms with Crippen LogP contribution in [0.15, 0.2) is 0 Å². The van der Waals surface area contributed by atoms with Gasteiger partial charge in [-0.15, -0.1) is 0 Å². The fraction of sp³-hybridized carbons (Fsp3) is 0.882. The van der Waals surface area contributed by atoms with Crippen LogP contribution in [0.25, 0.3) is 0 Å². The van der Waals surface area contributed by atoms with Crippen LogP contribution in [0.2, 0.25) is 0 Å². The third kappa shape index (κ3) is 5.60. The molecule has 0 aromatic rings. The third-order valence-corrected chi connectivity index (χ3v) is 5.48. The van der Waals surface area contributed by atoms with Crippen LogP contribution in [0.3, 0.4) is 0 Å². The Labute approximate surface area is 146 Å². The lowest BCUT2D eigenvalue weighted by Gasteiger charge is -2.44. The predicted octanol–water partition coefficient (Wildman–Crippen LogP) is 0.165. The summed E-state index contributed by atoms with van der Waals surface area (Å²) in [5.74, 6) is 0.942. The number of thiocarbonyl (C=S) groups is 1. The van der Waals surface area contributed by atoms with Gasteiger partial charge in [0.05, 0.1) is 32.7 Å². The number of likely N-dealkylation sites (tertiary alicyclic amines) is 1. The van der Waals surface area contributed by atoms with Crippen molar-refractivity contribution in [1.29, 1.82) is 0 Å². The van der Waals surface area contributed by atoms with Crippen molar-refractivity contribution in [3.63, 3.8) is 0 Å². The molecule has 1 amide bonds. The summed E-state index contributed by atoms with van der Waals surface area (Å²) in [5.41, 5.74) is 0.0121. The van der Waals surface area contributed by atoms with Crippen LogP contribution >= 0.6 is 12.2 Å². The fourth-order valence-corrected chi connectivity index (χ4v) is 4.22. The SMILES string of the molecule is CC1CC[NH+](CCNC(=O)CN2C(=S)NC(C)(C)CC2C)CC1. The van der Waals surface area contributed by atoms with Crippen molar-refractivity contribution in [1.82, 2.24) is 15.5 Å². The van der Waals surface area contributed by atoms with E-state index in [1.54, 1.807) is 4.90 Å². The Kier molecular flexibility index (Phi) is 6.26. The Morgan fingerprint density at radius 2 is 2.04 bits per heavy atom. The second kappa shape index (κ2) is 7.79. The Bertz CT molecular complexity index is 432. The summed E-state index contributed by atoms with van der Waals surface area (Å²) in [4.78, 5) is 15.8. The summed E-state index contributed by atoms with van der Waals surface area (Å²) >= 11 is 5.43. The molecule has 1 unspecified atom stereocenters. The molecule has 2 fully saturated rings. The molecule has 6 heteroatoms. The number of quaternary nitrogens is 1. The smallest absolute Gasteiger partial charge is 0.239 e. The summed E-state index contributed by atoms with van der Waals surface area (Å²) in [7, 11) is 0. The number of amides is 1. The molecular weight excluding hydrogens is 308 g/mol. The lowest BCUT2D eigenvalue weighted by atomic mass is 9.93. The van der Waals surface area contributed by atoms with Crippen molar-refractivity contribution in [2.75, 3.05) is 32.7 Å². The average molecular weight is 342 g/mol. The highest BCUT2D eigenvalue weighted by Gasteiger charge is 2.33. The Hall–Kier alpha value is -0.880. The summed E-state index contributed by atoms with van der Waals surface area (Å²) in [6.45, 7) is 13.4. The molecule has 2 aliphatic heterocycles. The van der Waals surface area contributed by atoms with E-state index in [4.69, 9.17) is 12.2 Å². The van der Waals surface area contributed by atoms with Gasteiger partial charge in [0.15, 0.2) is 5.11 Å². The van der Waals surface area contributed by atoms with Crippen molar-refractivity contribution in [3.05, 3.63) is 0 Å². The monoisotopic (exact) mass is 341 g/mol. The molecule has 0 saturated carbocycles. The number of rotatable bonds is 5. The first-order valence-corrected chi connectivity index (χ1v) is 9.37. The van der Waals surface area contributed by atoms with E-state index in [2.05, 4.69) is 38.3 Å². The van der Waals surface area contributed by atoms with Gasteiger partial charge in [-0.1, -0.05) is 6.92 Å². The number of hydrogen-bond acceptors (Lipinski definition) is 2. The van der Waals surface area contributed by atoms with E-state index in [1.165, 1.54) is 25.9 Å². The van der Waals surface area contributed by atoms with Gasteiger partial charge in [0.2, 0.25) is 5.91 Å². The average Bonchev–Trinajstić information content (AvgIpc) is 2.44. The minimum atomic E-state index is 0.0121. The van der Waals surface area contributed by atoms with Crippen molar-refractivity contribution in [2.24, 2.45) is 5.92 Å². The van der Waals surface area contributed by atoms with Crippen LogP contribution in [0.5, 0.6) is 0 Å². The first-order chi connectivity index (χ1) is 10.8. The Balaban J connectivity index is 1.69. The standard InChI is InChI=1S/C17H32N4OS/c1-13-5-8-20(9-6-13)10-7-18-15(22)12-21-14(2)11-17(3,4)19-16(21)23/h13-14H,5-12H2,1-4H3,(H,18,22)(H,19,23)/p+1. The maximum Gasteiger partial charge on any atom is 0.239 e. The van der Waals surface area contributed by atoms with E-state index in [0.717, 1.165) is 25.4 Å². The zero-order chi connectivity index (χ0) is 17.0. The molecule has 0 spiro atoms. The number of nitrogens with zero attached hydrogens (tertiary/aromatic N) is 1. The predicted molar refractivity (Wildman–Crippen MR) is 97.6 cm³/mol. The Morgan fingerprint density at radius 1 is 1.39 bits per heavy atom. The molecule has 5 nitrogen and oxygen atoms in total. The summed E-state index contributed by atoms with van der Waals surface area (Å²) in [6.07, 6.45) is 3.60. The molecule has 2 heterocycles. The van der Waals surface area contributed by atoms with E-state index in [0.29, 0.717) is 17.7 Å². The quantitative estimate of drug-likeness (QED) is 0.624. The lowest BCUT2D eigenvalue weighted by molar-refractivity contribution is -0.904. The summed E-state index contributed by atoms with van der Waals surface area (Å²) in [5, 5.41) is 7.08. The molecule has 132 valence electrons. The maximum absolute atomic E-state index is 12.2. The number of carbonyl (C=O) groups excluding carboxylic acids is 1. The largest absolute Gasteiger partial charge is 0.358 e. The zero-order valence-corrected chi connectivity index (χ0v) is 15.9. The van der Waals surface area contributed by atoms with Crippen LogP contribution in [-0.2, 0) is 4.79 Å². The van der Waals surface area contributed by atoms with Gasteiger partial charge in [-0.25, -0.2) is 0 Å². The molecule has 23 heavy (non-hydrogen) atoms. The molecule has 0 aliphatic carbocycles. The topological polar surface area (TPSA) is 48.8 Å². The number of piperidine rings is 1. The maximum atomic E-state index is 12.2. The molecule has 0 bridgehead atoms. The van der Waals surface area contributed by atoms with Gasteiger partial charge < -0.3 is 20.4 Å². The third-order valence-electron chi connectivity index (χ3n) is 5.14. The van der Waals surface area contributed by atoms with E-state index >= 15 is 0 Å². The van der Waals surface area contributed by atoms with Crippen molar-refractivity contribution >= 4 is 23.2 Å². The fourth-order valence-electron chi connectivity index (χ4n) is 3.70. The first kappa shape index (κ1) is 18.5. The highest BCUT2D eigenvalue weighted by atomic mass is 32.1. The second-order valence-corrected chi connectivity index (χ2v) is 8.41. The minimum absolute atomic E-state index is 0.0121. The van der Waals surface area contributed by atoms with Crippen molar-refractivity contribution in [3.8, 4) is 0 Å². The molecule has 3 N–H and O–H groups in total. The van der Waals surface area contributed by atoms with Crippen LogP contribution in [-0.4, -0.2) is 60.2 Å². The van der Waals surface area contributed by atoms with Crippen LogP contribution in [0, 0.1) is 5.92 Å². The van der Waals surface area contributed by atoms with Gasteiger partial charge in [-0.3, -0.25) is 4.79 Å². The molecule has 2 aliphatic rings. The van der Waals surface area contributed by atoms with Crippen molar-refractivity contribution < 1.29 is 9.69 Å². The molecule has 2 rings (SSSR count). The van der Waals surface area contributed by atoms with Crippen LogP contribution in [0.1, 0.15) is 47.0 Å². The van der Waals surface area contributed by atoms with Crippen LogP contribution < -0.4 is 15.5 Å². The molecule has 0 aromatic carbocycles. The lowest BCUT2D eigenvalue weighted by Crippen LogP contribution is -3.13. The molecule has 0 aromatic heterocycles. The first-order valence-electron chi connectivity index (χ1n) is 8.96. The number of carbonyl (C=O) groups is 1. The van der Waals surface area contributed by atoms with Gasteiger partial charge >= 0.3 is 0 Å². The normalized spacial score (nSPS) is 30.7. The molecule has 2 saturated heterocycles.